The number of rotatable bonds is 6. The fourth-order valence-corrected chi connectivity index (χ4v) is 5.83. The van der Waals surface area contributed by atoms with Crippen LogP contribution in [0.5, 0.6) is 0 Å². The standard InChI is InChI=1S/C28H34ClN3O/c1-19-6-8-24(31-28(33)21-4-2-3-5-21)16-22(19)12-15-32-13-10-20(11-14-32)26-18-30-27-17-23(29)7-9-25(26)27/h6-9,16-18,20-21,30H,2-5,10-15H2,1H3,(H,31,33). The summed E-state index contributed by atoms with van der Waals surface area (Å²) in [4.78, 5) is 18.5. The van der Waals surface area contributed by atoms with Crippen LogP contribution in [0.25, 0.3) is 10.9 Å². The molecule has 0 radical (unpaired) electrons. The van der Waals surface area contributed by atoms with E-state index in [2.05, 4.69) is 46.5 Å². The molecule has 0 unspecified atom stereocenters. The zero-order chi connectivity index (χ0) is 22.8. The van der Waals surface area contributed by atoms with Gasteiger partial charge in [0.1, 0.15) is 0 Å². The van der Waals surface area contributed by atoms with Crippen molar-refractivity contribution in [2.75, 3.05) is 25.0 Å². The fourth-order valence-electron chi connectivity index (χ4n) is 5.66. The van der Waals surface area contributed by atoms with Crippen LogP contribution in [-0.4, -0.2) is 35.4 Å². The number of piperidine rings is 1. The van der Waals surface area contributed by atoms with Crippen molar-refractivity contribution in [3.05, 3.63) is 64.3 Å². The minimum absolute atomic E-state index is 0.198. The molecule has 3 aromatic rings. The summed E-state index contributed by atoms with van der Waals surface area (Å²) in [6.45, 7) is 5.49. The monoisotopic (exact) mass is 463 g/mol. The molecule has 33 heavy (non-hydrogen) atoms. The van der Waals surface area contributed by atoms with Crippen molar-refractivity contribution in [3.8, 4) is 0 Å². The van der Waals surface area contributed by atoms with Gasteiger partial charge in [-0.2, -0.15) is 0 Å². The number of fused-ring (bicyclic) bond motifs is 1. The third-order valence-electron chi connectivity index (χ3n) is 7.74. The Labute approximate surface area is 201 Å². The second-order valence-corrected chi connectivity index (χ2v) is 10.3. The highest BCUT2D eigenvalue weighted by Crippen LogP contribution is 2.34. The van der Waals surface area contributed by atoms with E-state index in [9.17, 15) is 4.79 Å². The average Bonchev–Trinajstić information content (AvgIpc) is 3.50. The normalized spacial score (nSPS) is 18.2. The summed E-state index contributed by atoms with van der Waals surface area (Å²) < 4.78 is 0. The number of halogens is 1. The first-order chi connectivity index (χ1) is 16.1. The quantitative estimate of drug-likeness (QED) is 0.428. The van der Waals surface area contributed by atoms with E-state index in [4.69, 9.17) is 11.6 Å². The highest BCUT2D eigenvalue weighted by molar-refractivity contribution is 6.31. The highest BCUT2D eigenvalue weighted by Gasteiger charge is 2.24. The van der Waals surface area contributed by atoms with Gasteiger partial charge in [-0.3, -0.25) is 4.79 Å². The molecule has 174 valence electrons. The fraction of sp³-hybridized carbons (Fsp3) is 0.464. The summed E-state index contributed by atoms with van der Waals surface area (Å²) in [6, 6.07) is 12.5. The van der Waals surface area contributed by atoms with E-state index in [-0.39, 0.29) is 11.8 Å². The van der Waals surface area contributed by atoms with Gasteiger partial charge in [-0.05, 0) is 99.0 Å². The number of H-pyrrole nitrogens is 1. The predicted octanol–water partition coefficient (Wildman–Crippen LogP) is 6.68. The first-order valence-electron chi connectivity index (χ1n) is 12.5. The van der Waals surface area contributed by atoms with Crippen molar-refractivity contribution in [2.24, 2.45) is 5.92 Å². The molecule has 0 bridgehead atoms. The molecule has 1 aliphatic heterocycles. The van der Waals surface area contributed by atoms with E-state index < -0.39 is 0 Å². The molecule has 2 N–H and O–H groups in total. The Morgan fingerprint density at radius 1 is 1.09 bits per heavy atom. The number of anilines is 1. The van der Waals surface area contributed by atoms with E-state index >= 15 is 0 Å². The van der Waals surface area contributed by atoms with E-state index in [1.807, 2.05) is 18.2 Å². The number of aryl methyl sites for hydroxylation is 1. The molecule has 2 fully saturated rings. The van der Waals surface area contributed by atoms with Crippen LogP contribution in [0.3, 0.4) is 0 Å². The van der Waals surface area contributed by atoms with Crippen molar-refractivity contribution >= 4 is 34.1 Å². The Morgan fingerprint density at radius 2 is 1.88 bits per heavy atom. The molecule has 1 saturated carbocycles. The van der Waals surface area contributed by atoms with E-state index in [1.54, 1.807) is 0 Å². The van der Waals surface area contributed by atoms with Gasteiger partial charge in [0, 0.05) is 40.3 Å². The van der Waals surface area contributed by atoms with E-state index in [1.165, 1.54) is 47.8 Å². The lowest BCUT2D eigenvalue weighted by Gasteiger charge is -2.32. The molecule has 5 rings (SSSR count). The molecular formula is C28H34ClN3O. The van der Waals surface area contributed by atoms with Gasteiger partial charge < -0.3 is 15.2 Å². The average molecular weight is 464 g/mol. The van der Waals surface area contributed by atoms with Crippen molar-refractivity contribution < 1.29 is 4.79 Å². The molecule has 0 spiro atoms. The lowest BCUT2D eigenvalue weighted by atomic mass is 9.89. The number of likely N-dealkylation sites (tertiary alicyclic amines) is 1. The van der Waals surface area contributed by atoms with Crippen LogP contribution in [-0.2, 0) is 11.2 Å². The Balaban J connectivity index is 1.16. The number of aromatic nitrogens is 1. The Morgan fingerprint density at radius 3 is 2.67 bits per heavy atom. The largest absolute Gasteiger partial charge is 0.361 e. The number of carbonyl (C=O) groups is 1. The molecule has 1 amide bonds. The Kier molecular flexibility index (Phi) is 6.75. The molecule has 1 aromatic heterocycles. The first-order valence-corrected chi connectivity index (χ1v) is 12.8. The van der Waals surface area contributed by atoms with Gasteiger partial charge in [0.05, 0.1) is 0 Å². The number of benzene rings is 2. The third-order valence-corrected chi connectivity index (χ3v) is 7.98. The number of carbonyl (C=O) groups excluding carboxylic acids is 1. The zero-order valence-corrected chi connectivity index (χ0v) is 20.3. The molecule has 2 aromatic carbocycles. The molecule has 1 aliphatic carbocycles. The third kappa shape index (κ3) is 5.12. The molecule has 2 heterocycles. The van der Waals surface area contributed by atoms with Crippen LogP contribution in [0, 0.1) is 12.8 Å². The smallest absolute Gasteiger partial charge is 0.227 e. The predicted molar refractivity (Wildman–Crippen MR) is 137 cm³/mol. The highest BCUT2D eigenvalue weighted by atomic mass is 35.5. The molecular weight excluding hydrogens is 430 g/mol. The Hall–Kier alpha value is -2.30. The van der Waals surface area contributed by atoms with Gasteiger partial charge in [-0.15, -0.1) is 0 Å². The number of amides is 1. The SMILES string of the molecule is Cc1ccc(NC(=O)C2CCCC2)cc1CCN1CCC(c2c[nH]c3cc(Cl)ccc23)CC1. The number of nitrogens with one attached hydrogen (secondary N) is 2. The topological polar surface area (TPSA) is 48.1 Å². The van der Waals surface area contributed by atoms with Gasteiger partial charge in [0.2, 0.25) is 5.91 Å². The maximum atomic E-state index is 12.5. The van der Waals surface area contributed by atoms with Crippen molar-refractivity contribution in [1.82, 2.24) is 9.88 Å². The number of nitrogens with zero attached hydrogens (tertiary/aromatic N) is 1. The van der Waals surface area contributed by atoms with Crippen LogP contribution in [0.1, 0.15) is 61.1 Å². The lowest BCUT2D eigenvalue weighted by molar-refractivity contribution is -0.119. The number of aromatic amines is 1. The summed E-state index contributed by atoms with van der Waals surface area (Å²) in [7, 11) is 0. The molecule has 4 nitrogen and oxygen atoms in total. The second-order valence-electron chi connectivity index (χ2n) is 9.91. The first kappa shape index (κ1) is 22.5. The van der Waals surface area contributed by atoms with Crippen molar-refractivity contribution in [3.63, 3.8) is 0 Å². The summed E-state index contributed by atoms with van der Waals surface area (Å²) in [5.74, 6) is 1.00. The minimum atomic E-state index is 0.198. The van der Waals surface area contributed by atoms with Crippen LogP contribution in [0.2, 0.25) is 5.02 Å². The Bertz CT molecular complexity index is 1120. The molecule has 1 saturated heterocycles. The number of hydrogen-bond donors (Lipinski definition) is 2. The van der Waals surface area contributed by atoms with Crippen molar-refractivity contribution in [2.45, 2.75) is 57.8 Å². The van der Waals surface area contributed by atoms with E-state index in [0.29, 0.717) is 5.92 Å². The van der Waals surface area contributed by atoms with Gasteiger partial charge in [0.15, 0.2) is 0 Å². The van der Waals surface area contributed by atoms with E-state index in [0.717, 1.165) is 55.1 Å². The lowest BCUT2D eigenvalue weighted by Crippen LogP contribution is -2.34. The maximum absolute atomic E-state index is 12.5. The van der Waals surface area contributed by atoms with Gasteiger partial charge in [0.25, 0.3) is 0 Å². The molecule has 5 heteroatoms. The second kappa shape index (κ2) is 9.90. The summed E-state index contributed by atoms with van der Waals surface area (Å²) in [5, 5.41) is 5.26. The maximum Gasteiger partial charge on any atom is 0.227 e. The zero-order valence-electron chi connectivity index (χ0n) is 19.5. The van der Waals surface area contributed by atoms with Crippen LogP contribution >= 0.6 is 11.6 Å². The number of hydrogen-bond acceptors (Lipinski definition) is 2. The minimum Gasteiger partial charge on any atom is -0.361 e. The molecule has 2 aliphatic rings. The molecule has 0 atom stereocenters. The van der Waals surface area contributed by atoms with Crippen LogP contribution < -0.4 is 5.32 Å². The summed E-state index contributed by atoms with van der Waals surface area (Å²) in [5.41, 5.74) is 6.17. The summed E-state index contributed by atoms with van der Waals surface area (Å²) >= 11 is 6.15. The van der Waals surface area contributed by atoms with Gasteiger partial charge >= 0.3 is 0 Å². The summed E-state index contributed by atoms with van der Waals surface area (Å²) in [6.07, 6.45) is 10.0. The van der Waals surface area contributed by atoms with Crippen LogP contribution in [0.4, 0.5) is 5.69 Å². The van der Waals surface area contributed by atoms with Gasteiger partial charge in [-0.25, -0.2) is 0 Å². The van der Waals surface area contributed by atoms with Crippen LogP contribution in [0.15, 0.2) is 42.6 Å². The van der Waals surface area contributed by atoms with Crippen molar-refractivity contribution in [1.29, 1.82) is 0 Å². The van der Waals surface area contributed by atoms with Gasteiger partial charge in [-0.1, -0.05) is 36.6 Å².